The van der Waals surface area contributed by atoms with Gasteiger partial charge in [-0.3, -0.25) is 19.7 Å². The van der Waals surface area contributed by atoms with Gasteiger partial charge in [-0.25, -0.2) is 0 Å². The third kappa shape index (κ3) is 3.30. The average molecular weight is 312 g/mol. The van der Waals surface area contributed by atoms with Crippen molar-refractivity contribution in [2.75, 3.05) is 13.1 Å². The highest BCUT2D eigenvalue weighted by molar-refractivity contribution is 6.34. The van der Waals surface area contributed by atoms with Crippen molar-refractivity contribution in [1.29, 1.82) is 0 Å². The fourth-order valence-electron chi connectivity index (χ4n) is 2.33. The first kappa shape index (κ1) is 15.2. The number of carbonyl (C=O) groups is 2. The van der Waals surface area contributed by atoms with Crippen LogP contribution in [0.1, 0.15) is 23.2 Å². The molecule has 7 nitrogen and oxygen atoms in total. The Kier molecular flexibility index (Phi) is 4.42. The van der Waals surface area contributed by atoms with Crippen LogP contribution in [0, 0.1) is 16.0 Å². The third-order valence-electron chi connectivity index (χ3n) is 3.58. The predicted molar refractivity (Wildman–Crippen MR) is 75.9 cm³/mol. The molecule has 0 unspecified atom stereocenters. The zero-order chi connectivity index (χ0) is 15.6. The van der Waals surface area contributed by atoms with E-state index in [2.05, 4.69) is 0 Å². The molecule has 0 radical (unpaired) electrons. The Morgan fingerprint density at radius 3 is 2.43 bits per heavy atom. The van der Waals surface area contributed by atoms with E-state index in [0.29, 0.717) is 25.9 Å². The van der Waals surface area contributed by atoms with Gasteiger partial charge in [0.2, 0.25) is 5.91 Å². The van der Waals surface area contributed by atoms with Gasteiger partial charge < -0.3 is 10.6 Å². The molecule has 0 saturated carbocycles. The van der Waals surface area contributed by atoms with Gasteiger partial charge in [0.25, 0.3) is 11.6 Å². The number of non-ortho nitro benzene ring substituents is 1. The summed E-state index contributed by atoms with van der Waals surface area (Å²) in [6.45, 7) is 0.833. The number of primary amides is 1. The van der Waals surface area contributed by atoms with E-state index in [9.17, 15) is 19.7 Å². The number of benzene rings is 1. The second-order valence-corrected chi connectivity index (χ2v) is 5.30. The lowest BCUT2D eigenvalue weighted by molar-refractivity contribution is -0.384. The standard InChI is InChI=1S/C13H14ClN3O4/c14-11-7-9(17(20)21)1-2-10(11)13(19)16-5-3-8(4-6-16)12(15)18/h1-2,7-8H,3-6H2,(H2,15,18). The summed E-state index contributed by atoms with van der Waals surface area (Å²) < 4.78 is 0. The number of hydrogen-bond donors (Lipinski definition) is 1. The number of piperidine rings is 1. The van der Waals surface area contributed by atoms with Gasteiger partial charge in [-0.1, -0.05) is 11.6 Å². The largest absolute Gasteiger partial charge is 0.369 e. The summed E-state index contributed by atoms with van der Waals surface area (Å²) in [6, 6.07) is 3.75. The van der Waals surface area contributed by atoms with Crippen molar-refractivity contribution in [3.8, 4) is 0 Å². The molecule has 0 atom stereocenters. The van der Waals surface area contributed by atoms with Gasteiger partial charge in [-0.15, -0.1) is 0 Å². The molecule has 1 aromatic rings. The van der Waals surface area contributed by atoms with Gasteiger partial charge >= 0.3 is 0 Å². The van der Waals surface area contributed by atoms with E-state index < -0.39 is 4.92 Å². The molecule has 2 rings (SSSR count). The van der Waals surface area contributed by atoms with Crippen molar-refractivity contribution in [2.24, 2.45) is 11.7 Å². The maximum Gasteiger partial charge on any atom is 0.270 e. The second kappa shape index (κ2) is 6.09. The molecule has 1 aliphatic rings. The molecule has 1 fully saturated rings. The minimum Gasteiger partial charge on any atom is -0.369 e. The Morgan fingerprint density at radius 1 is 1.33 bits per heavy atom. The zero-order valence-electron chi connectivity index (χ0n) is 11.1. The summed E-state index contributed by atoms with van der Waals surface area (Å²) in [6.07, 6.45) is 1.04. The first-order valence-corrected chi connectivity index (χ1v) is 6.80. The Labute approximate surface area is 125 Å². The lowest BCUT2D eigenvalue weighted by Gasteiger charge is -2.30. The van der Waals surface area contributed by atoms with Crippen molar-refractivity contribution in [3.05, 3.63) is 38.9 Å². The minimum atomic E-state index is -0.571. The maximum absolute atomic E-state index is 12.3. The van der Waals surface area contributed by atoms with E-state index in [1.165, 1.54) is 12.1 Å². The van der Waals surface area contributed by atoms with Gasteiger partial charge in [0.15, 0.2) is 0 Å². The molecule has 0 bridgehead atoms. The van der Waals surface area contributed by atoms with Crippen LogP contribution in [-0.2, 0) is 4.79 Å². The van der Waals surface area contributed by atoms with E-state index in [0.717, 1.165) is 6.07 Å². The van der Waals surface area contributed by atoms with Crippen molar-refractivity contribution < 1.29 is 14.5 Å². The number of likely N-dealkylation sites (tertiary alicyclic amines) is 1. The highest BCUT2D eigenvalue weighted by atomic mass is 35.5. The van der Waals surface area contributed by atoms with Crippen LogP contribution in [0.2, 0.25) is 5.02 Å². The second-order valence-electron chi connectivity index (χ2n) is 4.89. The lowest BCUT2D eigenvalue weighted by Crippen LogP contribution is -2.41. The molecule has 0 aromatic heterocycles. The SMILES string of the molecule is NC(=O)C1CCN(C(=O)c2ccc([N+](=O)[O-])cc2Cl)CC1. The number of nitro groups is 1. The molecule has 2 amide bonds. The van der Waals surface area contributed by atoms with Gasteiger partial charge in [0, 0.05) is 31.1 Å². The molecule has 1 saturated heterocycles. The first-order valence-electron chi connectivity index (χ1n) is 6.42. The molecule has 0 aliphatic carbocycles. The van der Waals surface area contributed by atoms with Crippen LogP contribution in [0.5, 0.6) is 0 Å². The topological polar surface area (TPSA) is 107 Å². The molecule has 0 spiro atoms. The summed E-state index contributed by atoms with van der Waals surface area (Å²) in [5, 5.41) is 10.7. The number of rotatable bonds is 3. The molecule has 8 heteroatoms. The lowest BCUT2D eigenvalue weighted by atomic mass is 9.96. The van der Waals surface area contributed by atoms with Crippen LogP contribution >= 0.6 is 11.6 Å². The van der Waals surface area contributed by atoms with Crippen LogP contribution < -0.4 is 5.73 Å². The van der Waals surface area contributed by atoms with Crippen LogP contribution in [-0.4, -0.2) is 34.7 Å². The van der Waals surface area contributed by atoms with Gasteiger partial charge in [-0.2, -0.15) is 0 Å². The summed E-state index contributed by atoms with van der Waals surface area (Å²) in [5.74, 6) is -0.852. The third-order valence-corrected chi connectivity index (χ3v) is 3.89. The number of carbonyl (C=O) groups excluding carboxylic acids is 2. The van der Waals surface area contributed by atoms with Crippen molar-refractivity contribution in [3.63, 3.8) is 0 Å². The Bertz CT molecular complexity index is 597. The molecule has 112 valence electrons. The van der Waals surface area contributed by atoms with Crippen molar-refractivity contribution in [1.82, 2.24) is 4.90 Å². The molecular formula is C13H14ClN3O4. The predicted octanol–water partition coefficient (Wildman–Crippen LogP) is 1.59. The van der Waals surface area contributed by atoms with Crippen LogP contribution in [0.15, 0.2) is 18.2 Å². The van der Waals surface area contributed by atoms with Gasteiger partial charge in [-0.05, 0) is 18.9 Å². The average Bonchev–Trinajstić information content (AvgIpc) is 2.46. The van der Waals surface area contributed by atoms with Gasteiger partial charge in [0.1, 0.15) is 0 Å². The van der Waals surface area contributed by atoms with Crippen molar-refractivity contribution >= 4 is 29.1 Å². The van der Waals surface area contributed by atoms with E-state index in [4.69, 9.17) is 17.3 Å². The van der Waals surface area contributed by atoms with Crippen LogP contribution in [0.25, 0.3) is 0 Å². The summed E-state index contributed by atoms with van der Waals surface area (Å²) >= 11 is 5.94. The number of halogens is 1. The molecule has 21 heavy (non-hydrogen) atoms. The zero-order valence-corrected chi connectivity index (χ0v) is 11.9. The first-order chi connectivity index (χ1) is 9.90. The Hall–Kier alpha value is -2.15. The van der Waals surface area contributed by atoms with E-state index >= 15 is 0 Å². The van der Waals surface area contributed by atoms with E-state index in [-0.39, 0.29) is 34.0 Å². The number of nitrogens with two attached hydrogens (primary N) is 1. The Balaban J connectivity index is 2.11. The van der Waals surface area contributed by atoms with Crippen molar-refractivity contribution in [2.45, 2.75) is 12.8 Å². The van der Waals surface area contributed by atoms with Gasteiger partial charge in [0.05, 0.1) is 15.5 Å². The molecule has 2 N–H and O–H groups in total. The normalized spacial score (nSPS) is 15.8. The highest BCUT2D eigenvalue weighted by Gasteiger charge is 2.27. The fourth-order valence-corrected chi connectivity index (χ4v) is 2.58. The fraction of sp³-hybridized carbons (Fsp3) is 0.385. The number of nitro benzene ring substituents is 1. The molecule has 1 aromatic carbocycles. The number of hydrogen-bond acceptors (Lipinski definition) is 4. The Morgan fingerprint density at radius 2 is 1.95 bits per heavy atom. The molecule has 1 aliphatic heterocycles. The summed E-state index contributed by atoms with van der Waals surface area (Å²) in [4.78, 5) is 35.1. The smallest absolute Gasteiger partial charge is 0.270 e. The molecular weight excluding hydrogens is 298 g/mol. The highest BCUT2D eigenvalue weighted by Crippen LogP contribution is 2.25. The van der Waals surface area contributed by atoms with Crippen LogP contribution in [0.4, 0.5) is 5.69 Å². The van der Waals surface area contributed by atoms with Crippen LogP contribution in [0.3, 0.4) is 0 Å². The maximum atomic E-state index is 12.3. The summed E-state index contributed by atoms with van der Waals surface area (Å²) in [5.41, 5.74) is 5.30. The minimum absolute atomic E-state index is 0.0474. The van der Waals surface area contributed by atoms with E-state index in [1.807, 2.05) is 0 Å². The monoisotopic (exact) mass is 311 g/mol. The number of amides is 2. The molecule has 1 heterocycles. The summed E-state index contributed by atoms with van der Waals surface area (Å²) in [7, 11) is 0. The van der Waals surface area contributed by atoms with E-state index in [1.54, 1.807) is 4.90 Å². The number of nitrogens with zero attached hydrogens (tertiary/aromatic N) is 2. The quantitative estimate of drug-likeness (QED) is 0.675.